The molecule has 0 spiro atoms. The average molecular weight is 485 g/mol. The largest absolute Gasteiger partial charge is 0.495 e. The number of hydrogen-bond acceptors (Lipinski definition) is 5. The fourth-order valence-electron chi connectivity index (χ4n) is 4.05. The molecule has 0 aliphatic heterocycles. The van der Waals surface area contributed by atoms with Gasteiger partial charge in [0.2, 0.25) is 5.91 Å². The number of benzene rings is 3. The summed E-state index contributed by atoms with van der Waals surface area (Å²) in [4.78, 5) is 36.5. The van der Waals surface area contributed by atoms with Gasteiger partial charge in [-0.1, -0.05) is 54.2 Å². The van der Waals surface area contributed by atoms with E-state index in [2.05, 4.69) is 4.98 Å². The Kier molecular flexibility index (Phi) is 6.05. The lowest BCUT2D eigenvalue weighted by atomic mass is 10.2. The SMILES string of the molecule is COc1ccc(C)cc1-n1c(SCC(=O)N(C)c2ccccc2)nc2c([nH]c3ccccc32)c1=O. The summed E-state index contributed by atoms with van der Waals surface area (Å²) in [7, 11) is 3.31. The molecular formula is C27H24N4O3S. The first kappa shape index (κ1) is 22.7. The van der Waals surface area contributed by atoms with Crippen LogP contribution in [0, 0.1) is 6.92 Å². The van der Waals surface area contributed by atoms with E-state index in [0.29, 0.717) is 27.6 Å². The van der Waals surface area contributed by atoms with Gasteiger partial charge < -0.3 is 14.6 Å². The van der Waals surface area contributed by atoms with E-state index in [1.54, 1.807) is 19.1 Å². The zero-order chi connectivity index (χ0) is 24.5. The lowest BCUT2D eigenvalue weighted by Gasteiger charge is -2.18. The fourth-order valence-corrected chi connectivity index (χ4v) is 4.96. The standard InChI is InChI=1S/C27H24N4O3S/c1-17-13-14-22(34-3)21(15-17)31-26(33)25-24(19-11-7-8-12-20(19)28-25)29-27(31)35-16-23(32)30(2)18-9-5-4-6-10-18/h4-15,28H,16H2,1-3H3. The Balaban J connectivity index is 1.64. The van der Waals surface area contributed by atoms with Crippen LogP contribution in [-0.2, 0) is 4.79 Å². The Bertz CT molecular complexity index is 1610. The maximum Gasteiger partial charge on any atom is 0.283 e. The van der Waals surface area contributed by atoms with E-state index in [4.69, 9.17) is 9.72 Å². The molecule has 0 bridgehead atoms. The molecule has 0 radical (unpaired) electrons. The molecule has 176 valence electrons. The number of nitrogens with one attached hydrogen (secondary N) is 1. The highest BCUT2D eigenvalue weighted by molar-refractivity contribution is 7.99. The van der Waals surface area contributed by atoms with Crippen LogP contribution in [0.15, 0.2) is 82.7 Å². The smallest absolute Gasteiger partial charge is 0.283 e. The number of para-hydroxylation sites is 2. The van der Waals surface area contributed by atoms with E-state index in [1.807, 2.05) is 79.7 Å². The first-order valence-corrected chi connectivity index (χ1v) is 12.1. The number of aromatic amines is 1. The molecular weight excluding hydrogens is 460 g/mol. The maximum atomic E-state index is 13.8. The number of aromatic nitrogens is 3. The minimum atomic E-state index is -0.249. The van der Waals surface area contributed by atoms with E-state index in [-0.39, 0.29) is 17.2 Å². The van der Waals surface area contributed by atoms with Crippen LogP contribution in [0.2, 0.25) is 0 Å². The van der Waals surface area contributed by atoms with Gasteiger partial charge >= 0.3 is 0 Å². The van der Waals surface area contributed by atoms with Gasteiger partial charge in [0.1, 0.15) is 16.8 Å². The average Bonchev–Trinajstić information content (AvgIpc) is 3.26. The Morgan fingerprint density at radius 2 is 1.83 bits per heavy atom. The van der Waals surface area contributed by atoms with E-state index in [1.165, 1.54) is 16.3 Å². The second-order valence-electron chi connectivity index (χ2n) is 8.18. The zero-order valence-electron chi connectivity index (χ0n) is 19.6. The van der Waals surface area contributed by atoms with Gasteiger partial charge in [-0.3, -0.25) is 9.59 Å². The van der Waals surface area contributed by atoms with E-state index >= 15 is 0 Å². The summed E-state index contributed by atoms with van der Waals surface area (Å²) in [5, 5.41) is 1.28. The third kappa shape index (κ3) is 4.17. The molecule has 1 amide bonds. The number of hydrogen-bond donors (Lipinski definition) is 1. The fraction of sp³-hybridized carbons (Fsp3) is 0.148. The van der Waals surface area contributed by atoms with Crippen LogP contribution in [0.4, 0.5) is 5.69 Å². The number of ether oxygens (including phenoxy) is 1. The normalized spacial score (nSPS) is 11.2. The second kappa shape index (κ2) is 9.31. The Labute approximate surface area is 206 Å². The van der Waals surface area contributed by atoms with Gasteiger partial charge in [0, 0.05) is 23.6 Å². The number of amides is 1. The van der Waals surface area contributed by atoms with Crippen LogP contribution in [-0.4, -0.2) is 40.4 Å². The lowest BCUT2D eigenvalue weighted by Crippen LogP contribution is -2.28. The third-order valence-electron chi connectivity index (χ3n) is 5.91. The topological polar surface area (TPSA) is 80.2 Å². The number of nitrogens with zero attached hydrogens (tertiary/aromatic N) is 3. The van der Waals surface area contributed by atoms with Crippen LogP contribution < -0.4 is 15.2 Å². The van der Waals surface area contributed by atoms with Gasteiger partial charge in [0.25, 0.3) is 5.56 Å². The zero-order valence-corrected chi connectivity index (χ0v) is 20.4. The van der Waals surface area contributed by atoms with E-state index in [9.17, 15) is 9.59 Å². The van der Waals surface area contributed by atoms with Crippen molar-refractivity contribution in [1.82, 2.24) is 14.5 Å². The van der Waals surface area contributed by atoms with Crippen LogP contribution in [0.5, 0.6) is 5.75 Å². The summed E-state index contributed by atoms with van der Waals surface area (Å²) in [5.74, 6) is 0.557. The summed E-state index contributed by atoms with van der Waals surface area (Å²) in [5.41, 5.74) is 3.93. The first-order valence-electron chi connectivity index (χ1n) is 11.1. The first-order chi connectivity index (χ1) is 17.0. The molecule has 5 aromatic rings. The quantitative estimate of drug-likeness (QED) is 0.273. The molecule has 2 heterocycles. The molecule has 0 atom stereocenters. The second-order valence-corrected chi connectivity index (χ2v) is 9.12. The molecule has 8 heteroatoms. The summed E-state index contributed by atoms with van der Waals surface area (Å²) in [6.45, 7) is 1.95. The van der Waals surface area contributed by atoms with Gasteiger partial charge in [-0.05, 0) is 42.8 Å². The third-order valence-corrected chi connectivity index (χ3v) is 6.84. The number of carbonyl (C=O) groups excluding carboxylic acids is 1. The van der Waals surface area contributed by atoms with Crippen LogP contribution in [0.25, 0.3) is 27.6 Å². The Morgan fingerprint density at radius 1 is 1.09 bits per heavy atom. The molecule has 5 rings (SSSR count). The molecule has 35 heavy (non-hydrogen) atoms. The monoisotopic (exact) mass is 484 g/mol. The minimum Gasteiger partial charge on any atom is -0.495 e. The Morgan fingerprint density at radius 3 is 2.60 bits per heavy atom. The Hall–Kier alpha value is -4.04. The molecule has 0 saturated carbocycles. The number of thioether (sulfide) groups is 1. The summed E-state index contributed by atoms with van der Waals surface area (Å²) >= 11 is 1.23. The predicted octanol–water partition coefficient (Wildman–Crippen LogP) is 4.94. The van der Waals surface area contributed by atoms with Gasteiger partial charge in [-0.15, -0.1) is 0 Å². The summed E-state index contributed by atoms with van der Waals surface area (Å²) in [6.07, 6.45) is 0. The minimum absolute atomic E-state index is 0.0998. The van der Waals surface area contributed by atoms with Crippen LogP contribution in [0.3, 0.4) is 0 Å². The molecule has 3 aromatic carbocycles. The number of rotatable bonds is 6. The summed E-state index contributed by atoms with van der Waals surface area (Å²) in [6, 6.07) is 22.8. The van der Waals surface area contributed by atoms with Crippen molar-refractivity contribution in [2.45, 2.75) is 12.1 Å². The molecule has 7 nitrogen and oxygen atoms in total. The lowest BCUT2D eigenvalue weighted by molar-refractivity contribution is -0.115. The molecule has 0 fully saturated rings. The van der Waals surface area contributed by atoms with Crippen LogP contribution >= 0.6 is 11.8 Å². The van der Waals surface area contributed by atoms with Gasteiger partial charge in [-0.2, -0.15) is 0 Å². The van der Waals surface area contributed by atoms with Crippen molar-refractivity contribution in [2.24, 2.45) is 0 Å². The predicted molar refractivity (Wildman–Crippen MR) is 141 cm³/mol. The van der Waals surface area contributed by atoms with Crippen molar-refractivity contribution in [3.05, 3.63) is 88.7 Å². The van der Waals surface area contributed by atoms with Gasteiger partial charge in [-0.25, -0.2) is 9.55 Å². The van der Waals surface area contributed by atoms with Crippen molar-refractivity contribution in [3.63, 3.8) is 0 Å². The van der Waals surface area contributed by atoms with Gasteiger partial charge in [0.15, 0.2) is 5.16 Å². The number of H-pyrrole nitrogens is 1. The van der Waals surface area contributed by atoms with Crippen molar-refractivity contribution < 1.29 is 9.53 Å². The highest BCUT2D eigenvalue weighted by atomic mass is 32.2. The highest BCUT2D eigenvalue weighted by Crippen LogP contribution is 2.30. The van der Waals surface area contributed by atoms with Gasteiger partial charge in [0.05, 0.1) is 18.6 Å². The maximum absolute atomic E-state index is 13.8. The van der Waals surface area contributed by atoms with Crippen molar-refractivity contribution >= 4 is 45.3 Å². The number of anilines is 1. The van der Waals surface area contributed by atoms with E-state index < -0.39 is 0 Å². The van der Waals surface area contributed by atoms with E-state index in [0.717, 1.165) is 22.2 Å². The molecule has 0 saturated heterocycles. The van der Waals surface area contributed by atoms with Crippen LogP contribution in [0.1, 0.15) is 5.56 Å². The molecule has 0 unspecified atom stereocenters. The number of aryl methyl sites for hydroxylation is 1. The molecule has 1 N–H and O–H groups in total. The number of carbonyl (C=O) groups is 1. The molecule has 0 aliphatic rings. The molecule has 2 aromatic heterocycles. The van der Waals surface area contributed by atoms with Crippen molar-refractivity contribution in [3.8, 4) is 11.4 Å². The number of fused-ring (bicyclic) bond motifs is 3. The van der Waals surface area contributed by atoms with Crippen molar-refractivity contribution in [2.75, 3.05) is 24.8 Å². The number of methoxy groups -OCH3 is 1. The van der Waals surface area contributed by atoms with Crippen molar-refractivity contribution in [1.29, 1.82) is 0 Å². The summed E-state index contributed by atoms with van der Waals surface area (Å²) < 4.78 is 7.11. The highest BCUT2D eigenvalue weighted by Gasteiger charge is 2.21. The molecule has 0 aliphatic carbocycles.